The molecule has 1 aromatic rings. The van der Waals surface area contributed by atoms with Crippen LogP contribution in [0.1, 0.15) is 20.3 Å². The van der Waals surface area contributed by atoms with Crippen molar-refractivity contribution in [3.05, 3.63) is 17.3 Å². The first-order chi connectivity index (χ1) is 9.14. The molecule has 0 aliphatic carbocycles. The van der Waals surface area contributed by atoms with E-state index >= 15 is 0 Å². The normalized spacial score (nSPS) is 23.7. The predicted octanol–water partition coefficient (Wildman–Crippen LogP) is 1.07. The first kappa shape index (κ1) is 15.5. The molecule has 112 valence electrons. The molecule has 0 bridgehead atoms. The van der Waals surface area contributed by atoms with Crippen molar-refractivity contribution in [1.29, 1.82) is 0 Å². The van der Waals surface area contributed by atoms with Gasteiger partial charge in [-0.05, 0) is 17.9 Å². The average Bonchev–Trinajstić information content (AvgIpc) is 2.35. The topological polar surface area (TPSA) is 102 Å². The summed E-state index contributed by atoms with van der Waals surface area (Å²) in [7, 11) is -3.70. The highest BCUT2D eigenvalue weighted by Crippen LogP contribution is 2.32. The summed E-state index contributed by atoms with van der Waals surface area (Å²) in [5.41, 5.74) is 11.4. The molecule has 1 aliphatic rings. The van der Waals surface area contributed by atoms with Crippen molar-refractivity contribution in [3.8, 4) is 0 Å². The Balaban J connectivity index is 2.38. The number of nitrogen functional groups attached to an aromatic ring is 1. The van der Waals surface area contributed by atoms with Gasteiger partial charge >= 0.3 is 0 Å². The van der Waals surface area contributed by atoms with Gasteiger partial charge in [0, 0.05) is 25.3 Å². The number of hydrogen-bond acceptors (Lipinski definition) is 5. The Morgan fingerprint density at radius 3 is 2.75 bits per heavy atom. The number of piperidine rings is 1. The Hall–Kier alpha value is -0.890. The lowest BCUT2D eigenvalue weighted by molar-refractivity contribution is 0.155. The van der Waals surface area contributed by atoms with Crippen molar-refractivity contribution in [1.82, 2.24) is 9.29 Å². The molecule has 20 heavy (non-hydrogen) atoms. The Bertz CT molecular complexity index is 618. The van der Waals surface area contributed by atoms with E-state index in [1.165, 1.54) is 16.6 Å². The predicted molar refractivity (Wildman–Crippen MR) is 78.8 cm³/mol. The summed E-state index contributed by atoms with van der Waals surface area (Å²) in [6.45, 7) is 4.64. The van der Waals surface area contributed by atoms with Crippen LogP contribution in [0, 0.1) is 5.41 Å². The van der Waals surface area contributed by atoms with Crippen LogP contribution >= 0.6 is 11.6 Å². The summed E-state index contributed by atoms with van der Waals surface area (Å²) in [4.78, 5) is 3.76. The van der Waals surface area contributed by atoms with Gasteiger partial charge in [-0.3, -0.25) is 0 Å². The molecular formula is C12H19ClN4O2S. The van der Waals surface area contributed by atoms with E-state index in [0.29, 0.717) is 19.5 Å². The minimum absolute atomic E-state index is 0.0243. The van der Waals surface area contributed by atoms with E-state index in [-0.39, 0.29) is 27.2 Å². The van der Waals surface area contributed by atoms with Gasteiger partial charge in [0.1, 0.15) is 10.7 Å². The Kier molecular flexibility index (Phi) is 3.98. The Labute approximate surface area is 124 Å². The molecule has 0 spiro atoms. The third kappa shape index (κ3) is 2.76. The first-order valence-electron chi connectivity index (χ1n) is 6.31. The monoisotopic (exact) mass is 318 g/mol. The second-order valence-corrected chi connectivity index (χ2v) is 8.10. The summed E-state index contributed by atoms with van der Waals surface area (Å²) in [6.07, 6.45) is 1.94. The van der Waals surface area contributed by atoms with Crippen LogP contribution in [0.2, 0.25) is 5.02 Å². The van der Waals surface area contributed by atoms with Crippen LogP contribution in [0.4, 0.5) is 5.82 Å². The van der Waals surface area contributed by atoms with Crippen LogP contribution in [0.5, 0.6) is 0 Å². The molecule has 0 aromatic carbocycles. The quantitative estimate of drug-likeness (QED) is 0.849. The standard InChI is InChI=1S/C12H19ClN4O2S/c1-12(2)7-17(4-3-10(12)14)20(18,19)9-5-8(13)6-16-11(9)15/h5-6,10H,3-4,7,14H2,1-2H3,(H2,15,16). The van der Waals surface area contributed by atoms with E-state index in [1.807, 2.05) is 13.8 Å². The van der Waals surface area contributed by atoms with E-state index in [4.69, 9.17) is 23.1 Å². The molecule has 4 N–H and O–H groups in total. The minimum atomic E-state index is -3.70. The number of nitrogens with zero attached hydrogens (tertiary/aromatic N) is 2. The van der Waals surface area contributed by atoms with E-state index in [0.717, 1.165) is 0 Å². The van der Waals surface area contributed by atoms with Crippen molar-refractivity contribution in [3.63, 3.8) is 0 Å². The number of pyridine rings is 1. The van der Waals surface area contributed by atoms with Gasteiger partial charge in [-0.2, -0.15) is 4.31 Å². The number of aromatic nitrogens is 1. The second kappa shape index (κ2) is 5.14. The number of hydrogen-bond donors (Lipinski definition) is 2. The molecule has 6 nitrogen and oxygen atoms in total. The smallest absolute Gasteiger partial charge is 0.246 e. The van der Waals surface area contributed by atoms with Gasteiger partial charge in [0.2, 0.25) is 10.0 Å². The number of sulfonamides is 1. The molecule has 1 saturated heterocycles. The largest absolute Gasteiger partial charge is 0.383 e. The van der Waals surface area contributed by atoms with E-state index in [2.05, 4.69) is 4.98 Å². The molecule has 1 fully saturated rings. The number of nitrogens with two attached hydrogens (primary N) is 2. The molecule has 0 amide bonds. The molecule has 8 heteroatoms. The summed E-state index contributed by atoms with van der Waals surface area (Å²) < 4.78 is 26.7. The van der Waals surface area contributed by atoms with Crippen LogP contribution < -0.4 is 11.5 Å². The molecule has 1 aliphatic heterocycles. The Morgan fingerprint density at radius 2 is 2.15 bits per heavy atom. The van der Waals surface area contributed by atoms with Crippen LogP contribution in [-0.2, 0) is 10.0 Å². The molecule has 1 atom stereocenters. The Morgan fingerprint density at radius 1 is 1.50 bits per heavy atom. The zero-order valence-electron chi connectivity index (χ0n) is 11.5. The first-order valence-corrected chi connectivity index (χ1v) is 8.13. The number of halogens is 1. The molecule has 1 aromatic heterocycles. The van der Waals surface area contributed by atoms with Crippen molar-refractivity contribution in [2.45, 2.75) is 31.2 Å². The summed E-state index contributed by atoms with van der Waals surface area (Å²) in [5.74, 6) is -0.0397. The van der Waals surface area contributed by atoms with E-state index in [9.17, 15) is 8.42 Å². The highest BCUT2D eigenvalue weighted by Gasteiger charge is 2.39. The van der Waals surface area contributed by atoms with Gasteiger partial charge in [0.25, 0.3) is 0 Å². The zero-order valence-corrected chi connectivity index (χ0v) is 13.1. The minimum Gasteiger partial charge on any atom is -0.383 e. The molecule has 2 heterocycles. The van der Waals surface area contributed by atoms with Gasteiger partial charge in [-0.25, -0.2) is 13.4 Å². The maximum atomic E-state index is 12.7. The second-order valence-electron chi connectivity index (χ2n) is 5.76. The van der Waals surface area contributed by atoms with Crippen molar-refractivity contribution in [2.24, 2.45) is 11.1 Å². The molecule has 0 radical (unpaired) electrons. The lowest BCUT2D eigenvalue weighted by atomic mass is 9.81. The van der Waals surface area contributed by atoms with Gasteiger partial charge in [0.05, 0.1) is 5.02 Å². The number of rotatable bonds is 2. The maximum absolute atomic E-state index is 12.7. The van der Waals surface area contributed by atoms with Gasteiger partial charge in [-0.1, -0.05) is 25.4 Å². The molecule has 2 rings (SSSR count). The van der Waals surface area contributed by atoms with Crippen molar-refractivity contribution in [2.75, 3.05) is 18.8 Å². The fourth-order valence-electron chi connectivity index (χ4n) is 2.31. The third-order valence-corrected chi connectivity index (χ3v) is 5.82. The van der Waals surface area contributed by atoms with Crippen LogP contribution in [0.15, 0.2) is 17.2 Å². The SMILES string of the molecule is CC1(C)CN(S(=O)(=O)c2cc(Cl)cnc2N)CCC1N. The van der Waals surface area contributed by atoms with Crippen LogP contribution in [-0.4, -0.2) is 36.8 Å². The maximum Gasteiger partial charge on any atom is 0.246 e. The third-order valence-electron chi connectivity index (χ3n) is 3.74. The average molecular weight is 319 g/mol. The lowest BCUT2D eigenvalue weighted by Crippen LogP contribution is -2.53. The highest BCUT2D eigenvalue weighted by molar-refractivity contribution is 7.89. The van der Waals surface area contributed by atoms with Gasteiger partial charge in [0.15, 0.2) is 0 Å². The van der Waals surface area contributed by atoms with Gasteiger partial charge in [-0.15, -0.1) is 0 Å². The van der Waals surface area contributed by atoms with Crippen LogP contribution in [0.25, 0.3) is 0 Å². The van der Waals surface area contributed by atoms with Crippen molar-refractivity contribution >= 4 is 27.4 Å². The zero-order chi connectivity index (χ0) is 15.1. The lowest BCUT2D eigenvalue weighted by Gasteiger charge is -2.41. The summed E-state index contributed by atoms with van der Waals surface area (Å²) in [6, 6.07) is 1.31. The van der Waals surface area contributed by atoms with E-state index < -0.39 is 10.0 Å². The fraction of sp³-hybridized carbons (Fsp3) is 0.583. The summed E-state index contributed by atoms with van der Waals surface area (Å²) >= 11 is 5.82. The summed E-state index contributed by atoms with van der Waals surface area (Å²) in [5, 5.41) is 0.241. The molecular weight excluding hydrogens is 300 g/mol. The molecule has 1 unspecified atom stereocenters. The fourth-order valence-corrected chi connectivity index (χ4v) is 4.25. The van der Waals surface area contributed by atoms with Gasteiger partial charge < -0.3 is 11.5 Å². The van der Waals surface area contributed by atoms with E-state index in [1.54, 1.807) is 0 Å². The van der Waals surface area contributed by atoms with Crippen molar-refractivity contribution < 1.29 is 8.42 Å². The number of anilines is 1. The molecule has 0 saturated carbocycles. The van der Waals surface area contributed by atoms with Crippen LogP contribution in [0.3, 0.4) is 0 Å². The highest BCUT2D eigenvalue weighted by atomic mass is 35.5.